The standard InChI is InChI=1S/C16H19FN2/c17-13-8-6-12(7-9-13)16-10-15(11-18-16)19-14-4-2-1-3-5-14/h6-11,14,18-19H,1-5H2. The number of anilines is 1. The fourth-order valence-electron chi connectivity index (χ4n) is 2.76. The quantitative estimate of drug-likeness (QED) is 0.829. The van der Waals surface area contributed by atoms with Gasteiger partial charge >= 0.3 is 0 Å². The lowest BCUT2D eigenvalue weighted by Crippen LogP contribution is -2.21. The maximum atomic E-state index is 12.9. The van der Waals surface area contributed by atoms with Gasteiger partial charge in [-0.05, 0) is 48.7 Å². The van der Waals surface area contributed by atoms with E-state index in [0.29, 0.717) is 6.04 Å². The van der Waals surface area contributed by atoms with Crippen LogP contribution in [-0.4, -0.2) is 11.0 Å². The summed E-state index contributed by atoms with van der Waals surface area (Å²) in [6, 6.07) is 9.28. The second-order valence-electron chi connectivity index (χ2n) is 5.29. The van der Waals surface area contributed by atoms with Crippen LogP contribution in [0, 0.1) is 5.82 Å². The molecular formula is C16H19FN2. The number of hydrogen-bond acceptors (Lipinski definition) is 1. The first kappa shape index (κ1) is 12.3. The molecule has 1 aromatic carbocycles. The largest absolute Gasteiger partial charge is 0.381 e. The van der Waals surface area contributed by atoms with Crippen molar-refractivity contribution in [3.8, 4) is 11.3 Å². The lowest BCUT2D eigenvalue weighted by Gasteiger charge is -2.22. The highest BCUT2D eigenvalue weighted by Gasteiger charge is 2.13. The number of aromatic nitrogens is 1. The number of benzene rings is 1. The summed E-state index contributed by atoms with van der Waals surface area (Å²) in [6.45, 7) is 0. The van der Waals surface area contributed by atoms with Crippen molar-refractivity contribution >= 4 is 5.69 Å². The van der Waals surface area contributed by atoms with Crippen molar-refractivity contribution < 1.29 is 4.39 Å². The molecule has 1 fully saturated rings. The van der Waals surface area contributed by atoms with Crippen molar-refractivity contribution in [1.29, 1.82) is 0 Å². The van der Waals surface area contributed by atoms with Gasteiger partial charge in [0, 0.05) is 17.9 Å². The molecule has 3 rings (SSSR count). The molecule has 0 bridgehead atoms. The van der Waals surface area contributed by atoms with Crippen LogP contribution in [0.1, 0.15) is 32.1 Å². The van der Waals surface area contributed by atoms with Crippen LogP contribution in [0.3, 0.4) is 0 Å². The molecule has 1 aliphatic rings. The SMILES string of the molecule is Fc1ccc(-c2cc(NC3CCCCC3)c[nH]2)cc1. The van der Waals surface area contributed by atoms with Gasteiger partial charge in [0.2, 0.25) is 0 Å². The van der Waals surface area contributed by atoms with E-state index >= 15 is 0 Å². The number of halogens is 1. The van der Waals surface area contributed by atoms with Crippen LogP contribution < -0.4 is 5.32 Å². The summed E-state index contributed by atoms with van der Waals surface area (Å²) in [4.78, 5) is 3.25. The molecule has 100 valence electrons. The molecule has 2 nitrogen and oxygen atoms in total. The predicted octanol–water partition coefficient (Wildman–Crippen LogP) is 4.57. The van der Waals surface area contributed by atoms with Crippen LogP contribution in [0.25, 0.3) is 11.3 Å². The second kappa shape index (κ2) is 5.47. The van der Waals surface area contributed by atoms with Gasteiger partial charge < -0.3 is 10.3 Å². The number of aromatic amines is 1. The van der Waals surface area contributed by atoms with Crippen LogP contribution in [0.15, 0.2) is 36.5 Å². The number of hydrogen-bond donors (Lipinski definition) is 2. The third-order valence-electron chi connectivity index (χ3n) is 3.81. The van der Waals surface area contributed by atoms with Gasteiger partial charge in [0.1, 0.15) is 5.82 Å². The maximum Gasteiger partial charge on any atom is 0.123 e. The Morgan fingerprint density at radius 3 is 2.53 bits per heavy atom. The van der Waals surface area contributed by atoms with Crippen molar-refractivity contribution in [3.63, 3.8) is 0 Å². The van der Waals surface area contributed by atoms with Gasteiger partial charge in [0.25, 0.3) is 0 Å². The molecule has 1 aromatic heterocycles. The fourth-order valence-corrected chi connectivity index (χ4v) is 2.76. The van der Waals surface area contributed by atoms with E-state index in [-0.39, 0.29) is 5.82 Å². The summed E-state index contributed by atoms with van der Waals surface area (Å²) in [5.74, 6) is -0.198. The molecule has 1 heterocycles. The Labute approximate surface area is 113 Å². The molecule has 0 atom stereocenters. The summed E-state index contributed by atoms with van der Waals surface area (Å²) in [7, 11) is 0. The monoisotopic (exact) mass is 258 g/mol. The average molecular weight is 258 g/mol. The number of nitrogens with one attached hydrogen (secondary N) is 2. The third-order valence-corrected chi connectivity index (χ3v) is 3.81. The molecule has 1 aliphatic carbocycles. The van der Waals surface area contributed by atoms with Crippen LogP contribution in [-0.2, 0) is 0 Å². The first-order chi connectivity index (χ1) is 9.31. The topological polar surface area (TPSA) is 27.8 Å². The van der Waals surface area contributed by atoms with E-state index in [0.717, 1.165) is 16.9 Å². The molecule has 0 aliphatic heterocycles. The first-order valence-corrected chi connectivity index (χ1v) is 7.02. The third kappa shape index (κ3) is 2.98. The molecule has 3 heteroatoms. The minimum absolute atomic E-state index is 0.198. The van der Waals surface area contributed by atoms with Crippen LogP contribution in [0.5, 0.6) is 0 Å². The summed E-state index contributed by atoms with van der Waals surface area (Å²) >= 11 is 0. The van der Waals surface area contributed by atoms with E-state index in [9.17, 15) is 4.39 Å². The Balaban J connectivity index is 1.70. The minimum Gasteiger partial charge on any atom is -0.381 e. The second-order valence-corrected chi connectivity index (χ2v) is 5.29. The van der Waals surface area contributed by atoms with E-state index in [1.165, 1.54) is 44.2 Å². The highest BCUT2D eigenvalue weighted by atomic mass is 19.1. The molecule has 1 saturated carbocycles. The van der Waals surface area contributed by atoms with Crippen molar-refractivity contribution in [2.24, 2.45) is 0 Å². The Kier molecular flexibility index (Phi) is 3.53. The van der Waals surface area contributed by atoms with Crippen LogP contribution >= 0.6 is 0 Å². The average Bonchev–Trinajstić information content (AvgIpc) is 2.89. The molecule has 0 unspecified atom stereocenters. The van der Waals surface area contributed by atoms with Gasteiger partial charge in [0.15, 0.2) is 0 Å². The number of H-pyrrole nitrogens is 1. The van der Waals surface area contributed by atoms with Gasteiger partial charge in [0.05, 0.1) is 5.69 Å². The maximum absolute atomic E-state index is 12.9. The molecule has 2 N–H and O–H groups in total. The predicted molar refractivity (Wildman–Crippen MR) is 76.7 cm³/mol. The van der Waals surface area contributed by atoms with Crippen LogP contribution in [0.4, 0.5) is 10.1 Å². The Bertz CT molecular complexity index is 524. The van der Waals surface area contributed by atoms with E-state index in [4.69, 9.17) is 0 Å². The molecule has 19 heavy (non-hydrogen) atoms. The van der Waals surface area contributed by atoms with Gasteiger partial charge in [-0.25, -0.2) is 4.39 Å². The zero-order chi connectivity index (χ0) is 13.1. The van der Waals surface area contributed by atoms with Crippen molar-refractivity contribution in [2.75, 3.05) is 5.32 Å². The fraction of sp³-hybridized carbons (Fsp3) is 0.375. The van der Waals surface area contributed by atoms with Crippen molar-refractivity contribution in [1.82, 2.24) is 4.98 Å². The van der Waals surface area contributed by atoms with E-state index in [1.807, 2.05) is 6.20 Å². The highest BCUT2D eigenvalue weighted by molar-refractivity contribution is 5.65. The Morgan fingerprint density at radius 2 is 1.79 bits per heavy atom. The van der Waals surface area contributed by atoms with Crippen molar-refractivity contribution in [2.45, 2.75) is 38.1 Å². The molecule has 0 radical (unpaired) electrons. The molecule has 2 aromatic rings. The lowest BCUT2D eigenvalue weighted by atomic mass is 9.95. The molecule has 0 spiro atoms. The van der Waals surface area contributed by atoms with Crippen molar-refractivity contribution in [3.05, 3.63) is 42.3 Å². The Morgan fingerprint density at radius 1 is 1.05 bits per heavy atom. The molecular weight excluding hydrogens is 239 g/mol. The molecule has 0 amide bonds. The van der Waals surface area contributed by atoms with Gasteiger partial charge in [-0.1, -0.05) is 19.3 Å². The first-order valence-electron chi connectivity index (χ1n) is 7.02. The summed E-state index contributed by atoms with van der Waals surface area (Å²) < 4.78 is 12.9. The van der Waals surface area contributed by atoms with Crippen LogP contribution in [0.2, 0.25) is 0 Å². The minimum atomic E-state index is -0.198. The number of rotatable bonds is 3. The Hall–Kier alpha value is -1.77. The zero-order valence-electron chi connectivity index (χ0n) is 11.0. The van der Waals surface area contributed by atoms with Gasteiger partial charge in [-0.2, -0.15) is 0 Å². The summed E-state index contributed by atoms with van der Waals surface area (Å²) in [5.41, 5.74) is 3.17. The molecule has 0 saturated heterocycles. The lowest BCUT2D eigenvalue weighted by molar-refractivity contribution is 0.463. The van der Waals surface area contributed by atoms with E-state index < -0.39 is 0 Å². The summed E-state index contributed by atoms with van der Waals surface area (Å²) in [5, 5.41) is 3.58. The smallest absolute Gasteiger partial charge is 0.123 e. The van der Waals surface area contributed by atoms with E-state index in [1.54, 1.807) is 12.1 Å². The normalized spacial score (nSPS) is 16.5. The van der Waals surface area contributed by atoms with Gasteiger partial charge in [-0.3, -0.25) is 0 Å². The van der Waals surface area contributed by atoms with E-state index in [2.05, 4.69) is 16.4 Å². The highest BCUT2D eigenvalue weighted by Crippen LogP contribution is 2.25. The van der Waals surface area contributed by atoms with Gasteiger partial charge in [-0.15, -0.1) is 0 Å². The zero-order valence-corrected chi connectivity index (χ0v) is 11.0. The summed E-state index contributed by atoms with van der Waals surface area (Å²) in [6.07, 6.45) is 8.54.